The van der Waals surface area contributed by atoms with E-state index in [4.69, 9.17) is 11.6 Å². The highest BCUT2D eigenvalue weighted by molar-refractivity contribution is 6.30. The second-order valence-electron chi connectivity index (χ2n) is 5.99. The van der Waals surface area contributed by atoms with Gasteiger partial charge in [0.1, 0.15) is 11.9 Å². The molecule has 0 bridgehead atoms. The standard InChI is InChI=1S/C16H16ClFN4O3/c1-8-14(15(23)21(10-3-4-10)9(2)16(24)25)19-20-22(8)11-5-6-13(18)12(17)7-11/h5-7,9-10H,3-4H2,1-2H3,(H,24,25). The molecule has 1 N–H and O–H groups in total. The molecule has 1 heterocycles. The normalized spacial score (nSPS) is 15.0. The average molecular weight is 367 g/mol. The van der Waals surface area contributed by atoms with Crippen LogP contribution in [0, 0.1) is 12.7 Å². The van der Waals surface area contributed by atoms with E-state index in [1.54, 1.807) is 6.92 Å². The van der Waals surface area contributed by atoms with E-state index >= 15 is 0 Å². The molecule has 0 radical (unpaired) electrons. The largest absolute Gasteiger partial charge is 0.480 e. The molecule has 1 aliphatic rings. The smallest absolute Gasteiger partial charge is 0.326 e. The SMILES string of the molecule is Cc1c(C(=O)N(C2CC2)C(C)C(=O)O)nnn1-c1ccc(F)c(Cl)c1. The number of aliphatic carboxylic acids is 1. The number of aromatic nitrogens is 3. The number of amides is 1. The number of rotatable bonds is 5. The van der Waals surface area contributed by atoms with Crippen LogP contribution in [0.5, 0.6) is 0 Å². The number of carbonyl (C=O) groups is 2. The van der Waals surface area contributed by atoms with Gasteiger partial charge in [0.2, 0.25) is 0 Å². The van der Waals surface area contributed by atoms with Gasteiger partial charge in [-0.2, -0.15) is 0 Å². The first-order valence-corrected chi connectivity index (χ1v) is 8.12. The van der Waals surface area contributed by atoms with Crippen molar-refractivity contribution in [2.45, 2.75) is 38.8 Å². The summed E-state index contributed by atoms with van der Waals surface area (Å²) in [5, 5.41) is 17.0. The van der Waals surface area contributed by atoms with Crippen LogP contribution in [0.15, 0.2) is 18.2 Å². The van der Waals surface area contributed by atoms with Crippen LogP contribution in [0.4, 0.5) is 4.39 Å². The Labute approximate surface area is 148 Å². The molecule has 0 aliphatic heterocycles. The molecule has 2 aromatic rings. The number of carbonyl (C=O) groups excluding carboxylic acids is 1. The molecule has 1 aromatic carbocycles. The summed E-state index contributed by atoms with van der Waals surface area (Å²) >= 11 is 5.79. The zero-order valence-corrected chi connectivity index (χ0v) is 14.4. The fourth-order valence-corrected chi connectivity index (χ4v) is 2.82. The summed E-state index contributed by atoms with van der Waals surface area (Å²) in [4.78, 5) is 25.5. The Morgan fingerprint density at radius 2 is 2.12 bits per heavy atom. The molecule has 9 heteroatoms. The second kappa shape index (κ2) is 6.44. The first kappa shape index (κ1) is 17.3. The van der Waals surface area contributed by atoms with Gasteiger partial charge in [0, 0.05) is 6.04 Å². The van der Waals surface area contributed by atoms with Crippen molar-refractivity contribution in [3.05, 3.63) is 40.4 Å². The predicted molar refractivity (Wildman–Crippen MR) is 87.4 cm³/mol. The van der Waals surface area contributed by atoms with Crippen LogP contribution >= 0.6 is 11.6 Å². The van der Waals surface area contributed by atoms with Crippen LogP contribution in [0.25, 0.3) is 5.69 Å². The number of halogens is 2. The third-order valence-corrected chi connectivity index (χ3v) is 4.48. The van der Waals surface area contributed by atoms with Crippen molar-refractivity contribution >= 4 is 23.5 Å². The highest BCUT2D eigenvalue weighted by Gasteiger charge is 2.40. The lowest BCUT2D eigenvalue weighted by Crippen LogP contribution is -2.45. The molecule has 1 fully saturated rings. The number of hydrogen-bond donors (Lipinski definition) is 1. The molecule has 3 rings (SSSR count). The molecule has 1 unspecified atom stereocenters. The second-order valence-corrected chi connectivity index (χ2v) is 6.40. The average Bonchev–Trinajstić information content (AvgIpc) is 3.31. The number of benzene rings is 1. The Bertz CT molecular complexity index is 850. The number of carboxylic acid groups (broad SMARTS) is 1. The Morgan fingerprint density at radius 3 is 2.68 bits per heavy atom. The van der Waals surface area contributed by atoms with Crippen molar-refractivity contribution in [3.8, 4) is 5.69 Å². The van der Waals surface area contributed by atoms with E-state index in [1.807, 2.05) is 0 Å². The summed E-state index contributed by atoms with van der Waals surface area (Å²) in [5.41, 5.74) is 0.955. The Morgan fingerprint density at radius 1 is 1.44 bits per heavy atom. The molecular formula is C16H16ClFN4O3. The van der Waals surface area contributed by atoms with Gasteiger partial charge in [0.05, 0.1) is 16.4 Å². The zero-order chi connectivity index (χ0) is 18.3. The van der Waals surface area contributed by atoms with Crippen LogP contribution in [0.3, 0.4) is 0 Å². The molecule has 25 heavy (non-hydrogen) atoms. The van der Waals surface area contributed by atoms with Gasteiger partial charge in [-0.15, -0.1) is 5.10 Å². The van der Waals surface area contributed by atoms with Crippen molar-refractivity contribution < 1.29 is 19.1 Å². The number of nitrogens with zero attached hydrogens (tertiary/aromatic N) is 4. The van der Waals surface area contributed by atoms with Gasteiger partial charge >= 0.3 is 5.97 Å². The third kappa shape index (κ3) is 3.21. The molecule has 1 aromatic heterocycles. The lowest BCUT2D eigenvalue weighted by atomic mass is 10.2. The molecule has 1 amide bonds. The molecule has 7 nitrogen and oxygen atoms in total. The van der Waals surface area contributed by atoms with Crippen molar-refractivity contribution in [1.82, 2.24) is 19.9 Å². The monoisotopic (exact) mass is 366 g/mol. The summed E-state index contributed by atoms with van der Waals surface area (Å²) in [6.45, 7) is 3.11. The van der Waals surface area contributed by atoms with E-state index in [9.17, 15) is 19.1 Å². The van der Waals surface area contributed by atoms with Crippen LogP contribution in [-0.2, 0) is 4.79 Å². The van der Waals surface area contributed by atoms with E-state index in [0.29, 0.717) is 11.4 Å². The van der Waals surface area contributed by atoms with Crippen molar-refractivity contribution in [1.29, 1.82) is 0 Å². The Balaban J connectivity index is 1.95. The maximum Gasteiger partial charge on any atom is 0.326 e. The molecule has 1 aliphatic carbocycles. The molecule has 132 valence electrons. The quantitative estimate of drug-likeness (QED) is 0.878. The topological polar surface area (TPSA) is 88.3 Å². The van der Waals surface area contributed by atoms with Gasteiger partial charge in [-0.1, -0.05) is 16.8 Å². The number of carboxylic acids is 1. The van der Waals surface area contributed by atoms with E-state index < -0.39 is 23.7 Å². The zero-order valence-electron chi connectivity index (χ0n) is 13.6. The minimum atomic E-state index is -1.07. The Kier molecular flexibility index (Phi) is 4.47. The van der Waals surface area contributed by atoms with E-state index in [-0.39, 0.29) is 16.8 Å². The molecule has 0 saturated heterocycles. The first-order valence-electron chi connectivity index (χ1n) is 7.74. The first-order chi connectivity index (χ1) is 11.8. The molecule has 0 spiro atoms. The van der Waals surface area contributed by atoms with Gasteiger partial charge in [-0.25, -0.2) is 13.9 Å². The summed E-state index contributed by atoms with van der Waals surface area (Å²) in [6.07, 6.45) is 1.54. The van der Waals surface area contributed by atoms with Gasteiger partial charge in [0.25, 0.3) is 5.91 Å². The third-order valence-electron chi connectivity index (χ3n) is 4.19. The lowest BCUT2D eigenvalue weighted by Gasteiger charge is -2.25. The van der Waals surface area contributed by atoms with Gasteiger partial charge in [-0.05, 0) is 44.9 Å². The van der Waals surface area contributed by atoms with Gasteiger partial charge < -0.3 is 10.0 Å². The summed E-state index contributed by atoms with van der Waals surface area (Å²) in [5.74, 6) is -2.11. The maximum atomic E-state index is 13.3. The predicted octanol–water partition coefficient (Wildman–Crippen LogP) is 2.45. The maximum absolute atomic E-state index is 13.3. The summed E-state index contributed by atoms with van der Waals surface area (Å²) in [7, 11) is 0. The molecule has 1 atom stereocenters. The van der Waals surface area contributed by atoms with Crippen molar-refractivity contribution in [2.24, 2.45) is 0 Å². The van der Waals surface area contributed by atoms with E-state index in [1.165, 1.54) is 34.7 Å². The van der Waals surface area contributed by atoms with Crippen LogP contribution in [0.2, 0.25) is 5.02 Å². The minimum Gasteiger partial charge on any atom is -0.480 e. The molecule has 1 saturated carbocycles. The highest BCUT2D eigenvalue weighted by Crippen LogP contribution is 2.30. The van der Waals surface area contributed by atoms with Gasteiger partial charge in [-0.3, -0.25) is 4.79 Å². The lowest BCUT2D eigenvalue weighted by molar-refractivity contribution is -0.141. The fraction of sp³-hybridized carbons (Fsp3) is 0.375. The highest BCUT2D eigenvalue weighted by atomic mass is 35.5. The van der Waals surface area contributed by atoms with Crippen LogP contribution < -0.4 is 0 Å². The van der Waals surface area contributed by atoms with Crippen LogP contribution in [0.1, 0.15) is 35.9 Å². The minimum absolute atomic E-state index is 0.0699. The van der Waals surface area contributed by atoms with E-state index in [0.717, 1.165) is 12.8 Å². The fourth-order valence-electron chi connectivity index (χ4n) is 2.64. The summed E-state index contributed by atoms with van der Waals surface area (Å²) < 4.78 is 14.7. The summed E-state index contributed by atoms with van der Waals surface area (Å²) in [6, 6.07) is 3.00. The van der Waals surface area contributed by atoms with Crippen molar-refractivity contribution in [3.63, 3.8) is 0 Å². The molecular weight excluding hydrogens is 351 g/mol. The number of hydrogen-bond acceptors (Lipinski definition) is 4. The van der Waals surface area contributed by atoms with Gasteiger partial charge in [0.15, 0.2) is 5.69 Å². The van der Waals surface area contributed by atoms with E-state index in [2.05, 4.69) is 10.3 Å². The van der Waals surface area contributed by atoms with Crippen LogP contribution in [-0.4, -0.2) is 49.0 Å². The Hall–Kier alpha value is -2.48. The van der Waals surface area contributed by atoms with Crippen molar-refractivity contribution in [2.75, 3.05) is 0 Å².